The van der Waals surface area contributed by atoms with E-state index in [0.717, 1.165) is 6.07 Å². The molecule has 8 heteroatoms. The highest BCUT2D eigenvalue weighted by Gasteiger charge is 2.34. The highest BCUT2D eigenvalue weighted by molar-refractivity contribution is 6.04. The maximum absolute atomic E-state index is 13.3. The normalized spacial score (nSPS) is 10.9. The van der Waals surface area contributed by atoms with Crippen molar-refractivity contribution in [2.75, 3.05) is 11.9 Å². The Hall–Kier alpha value is -3.08. The van der Waals surface area contributed by atoms with Crippen LogP contribution in [0.5, 0.6) is 5.75 Å². The van der Waals surface area contributed by atoms with Crippen molar-refractivity contribution in [3.8, 4) is 11.8 Å². The van der Waals surface area contributed by atoms with Gasteiger partial charge in [-0.25, -0.2) is 4.39 Å². The van der Waals surface area contributed by atoms with Gasteiger partial charge in [-0.2, -0.15) is 18.4 Å². The lowest BCUT2D eigenvalue weighted by Crippen LogP contribution is -2.15. The lowest BCUT2D eigenvalue weighted by molar-refractivity contribution is -0.140. The first-order chi connectivity index (χ1) is 12.3. The molecule has 2 rings (SSSR count). The van der Waals surface area contributed by atoms with Crippen LogP contribution in [0.1, 0.15) is 28.8 Å². The molecule has 0 saturated heterocycles. The molecule has 0 aliphatic carbocycles. The third-order valence-corrected chi connectivity index (χ3v) is 3.33. The number of rotatable bonds is 6. The number of benzene rings is 2. The molecule has 2 aromatic carbocycles. The van der Waals surface area contributed by atoms with Crippen LogP contribution >= 0.6 is 0 Å². The van der Waals surface area contributed by atoms with E-state index in [0.29, 0.717) is 43.0 Å². The fourth-order valence-electron chi connectivity index (χ4n) is 2.09. The van der Waals surface area contributed by atoms with Crippen LogP contribution in [0.15, 0.2) is 42.5 Å². The molecule has 0 fully saturated rings. The number of amides is 1. The zero-order chi connectivity index (χ0) is 19.2. The third kappa shape index (κ3) is 5.21. The second-order valence-electron chi connectivity index (χ2n) is 5.28. The number of nitrogens with one attached hydrogen (secondary N) is 1. The maximum Gasteiger partial charge on any atom is 0.419 e. The monoisotopic (exact) mass is 366 g/mol. The average molecular weight is 366 g/mol. The largest absolute Gasteiger partial charge is 0.493 e. The molecule has 0 aliphatic heterocycles. The Morgan fingerprint density at radius 1 is 1.19 bits per heavy atom. The Labute approximate surface area is 147 Å². The maximum atomic E-state index is 13.3. The van der Waals surface area contributed by atoms with Gasteiger partial charge < -0.3 is 10.1 Å². The van der Waals surface area contributed by atoms with Gasteiger partial charge >= 0.3 is 6.18 Å². The van der Waals surface area contributed by atoms with Crippen LogP contribution in [0.4, 0.5) is 23.2 Å². The summed E-state index contributed by atoms with van der Waals surface area (Å²) in [5, 5.41) is 10.9. The Morgan fingerprint density at radius 3 is 2.65 bits per heavy atom. The predicted octanol–water partition coefficient (Wildman–Crippen LogP) is 4.78. The molecule has 0 bridgehead atoms. The highest BCUT2D eigenvalue weighted by atomic mass is 19.4. The number of halogens is 4. The minimum atomic E-state index is -4.89. The zero-order valence-electron chi connectivity index (χ0n) is 13.4. The Morgan fingerprint density at radius 2 is 1.96 bits per heavy atom. The van der Waals surface area contributed by atoms with Gasteiger partial charge in [-0.3, -0.25) is 4.79 Å². The topological polar surface area (TPSA) is 62.1 Å². The summed E-state index contributed by atoms with van der Waals surface area (Å²) in [5.41, 5.74) is -1.51. The van der Waals surface area contributed by atoms with E-state index < -0.39 is 23.5 Å². The number of hydrogen-bond donors (Lipinski definition) is 1. The number of hydrogen-bond acceptors (Lipinski definition) is 3. The van der Waals surface area contributed by atoms with Crippen molar-refractivity contribution in [3.05, 3.63) is 59.4 Å². The summed E-state index contributed by atoms with van der Waals surface area (Å²) in [4.78, 5) is 12.1. The summed E-state index contributed by atoms with van der Waals surface area (Å²) >= 11 is 0. The number of carbonyl (C=O) groups is 1. The molecule has 4 nitrogen and oxygen atoms in total. The van der Waals surface area contributed by atoms with E-state index in [2.05, 4.69) is 5.32 Å². The SMILES string of the molecule is N#CCCCOc1cccc(NC(=O)c2ccc(F)c(C(F)(F)F)c2)c1. The number of anilines is 1. The van der Waals surface area contributed by atoms with Gasteiger partial charge in [0.2, 0.25) is 0 Å². The molecule has 0 aliphatic rings. The quantitative estimate of drug-likeness (QED) is 0.591. The zero-order valence-corrected chi connectivity index (χ0v) is 13.4. The van der Waals surface area contributed by atoms with E-state index >= 15 is 0 Å². The average Bonchev–Trinajstić information content (AvgIpc) is 2.58. The summed E-state index contributed by atoms with van der Waals surface area (Å²) in [6.45, 7) is 0.317. The van der Waals surface area contributed by atoms with Gasteiger partial charge in [-0.05, 0) is 36.8 Å². The van der Waals surface area contributed by atoms with Gasteiger partial charge in [0.25, 0.3) is 5.91 Å². The van der Waals surface area contributed by atoms with Gasteiger partial charge in [0.15, 0.2) is 0 Å². The van der Waals surface area contributed by atoms with Crippen LogP contribution in [0.3, 0.4) is 0 Å². The van der Waals surface area contributed by atoms with Crippen molar-refractivity contribution in [1.29, 1.82) is 5.26 Å². The van der Waals surface area contributed by atoms with E-state index in [1.54, 1.807) is 12.1 Å². The van der Waals surface area contributed by atoms with Crippen LogP contribution in [-0.4, -0.2) is 12.5 Å². The minimum absolute atomic E-state index is 0.311. The molecule has 0 atom stereocenters. The van der Waals surface area contributed by atoms with Crippen LogP contribution in [0.2, 0.25) is 0 Å². The van der Waals surface area contributed by atoms with E-state index in [-0.39, 0.29) is 5.56 Å². The molecule has 0 saturated carbocycles. The Kier molecular flexibility index (Phi) is 6.17. The fourth-order valence-corrected chi connectivity index (χ4v) is 2.09. The second-order valence-corrected chi connectivity index (χ2v) is 5.28. The molecule has 26 heavy (non-hydrogen) atoms. The molecule has 1 N–H and O–H groups in total. The first-order valence-corrected chi connectivity index (χ1v) is 7.59. The fraction of sp³-hybridized carbons (Fsp3) is 0.222. The number of alkyl halides is 3. The van der Waals surface area contributed by atoms with E-state index in [4.69, 9.17) is 10.00 Å². The molecular weight excluding hydrogens is 352 g/mol. The lowest BCUT2D eigenvalue weighted by Gasteiger charge is -2.11. The molecule has 2 aromatic rings. The van der Waals surface area contributed by atoms with Gasteiger partial charge in [-0.15, -0.1) is 0 Å². The van der Waals surface area contributed by atoms with Crippen molar-refractivity contribution in [2.24, 2.45) is 0 Å². The first kappa shape index (κ1) is 19.2. The van der Waals surface area contributed by atoms with Crippen LogP contribution in [0.25, 0.3) is 0 Å². The van der Waals surface area contributed by atoms with Gasteiger partial charge in [0.05, 0.1) is 18.2 Å². The van der Waals surface area contributed by atoms with Gasteiger partial charge in [0, 0.05) is 23.7 Å². The van der Waals surface area contributed by atoms with Crippen molar-refractivity contribution < 1.29 is 27.1 Å². The van der Waals surface area contributed by atoms with Crippen molar-refractivity contribution in [2.45, 2.75) is 19.0 Å². The molecule has 1 amide bonds. The van der Waals surface area contributed by atoms with E-state index in [1.165, 1.54) is 12.1 Å². The molecule has 0 spiro atoms. The Bertz CT molecular complexity index is 829. The lowest BCUT2D eigenvalue weighted by atomic mass is 10.1. The number of unbranched alkanes of at least 4 members (excludes halogenated alkanes) is 1. The van der Waals surface area contributed by atoms with Crippen LogP contribution in [0, 0.1) is 17.1 Å². The highest BCUT2D eigenvalue weighted by Crippen LogP contribution is 2.32. The molecular formula is C18H14F4N2O2. The summed E-state index contributed by atoms with van der Waals surface area (Å²) in [6, 6.07) is 10.3. The number of nitrogens with zero attached hydrogens (tertiary/aromatic N) is 1. The summed E-state index contributed by atoms with van der Waals surface area (Å²) in [7, 11) is 0. The third-order valence-electron chi connectivity index (χ3n) is 3.33. The number of nitriles is 1. The molecule has 0 radical (unpaired) electrons. The van der Waals surface area contributed by atoms with Crippen molar-refractivity contribution in [1.82, 2.24) is 0 Å². The van der Waals surface area contributed by atoms with Crippen molar-refractivity contribution in [3.63, 3.8) is 0 Å². The molecule has 0 aromatic heterocycles. The number of carbonyl (C=O) groups excluding carboxylic acids is 1. The Balaban J connectivity index is 2.09. The smallest absolute Gasteiger partial charge is 0.419 e. The molecule has 0 unspecified atom stereocenters. The standard InChI is InChI=1S/C18H14F4N2O2/c19-16-7-6-12(10-15(16)18(20,21)22)17(25)24-13-4-3-5-14(11-13)26-9-2-1-8-23/h3-7,10-11H,1-2,9H2,(H,24,25). The van der Waals surface area contributed by atoms with Crippen molar-refractivity contribution >= 4 is 11.6 Å². The van der Waals surface area contributed by atoms with E-state index in [1.807, 2.05) is 6.07 Å². The first-order valence-electron chi connectivity index (χ1n) is 7.59. The van der Waals surface area contributed by atoms with Crippen LogP contribution in [-0.2, 0) is 6.18 Å². The summed E-state index contributed by atoms with van der Waals surface area (Å²) < 4.78 is 56.9. The van der Waals surface area contributed by atoms with E-state index in [9.17, 15) is 22.4 Å². The second kappa shape index (κ2) is 8.34. The predicted molar refractivity (Wildman–Crippen MR) is 86.1 cm³/mol. The molecule has 136 valence electrons. The van der Waals surface area contributed by atoms with Gasteiger partial charge in [-0.1, -0.05) is 6.07 Å². The molecule has 0 heterocycles. The minimum Gasteiger partial charge on any atom is -0.493 e. The summed E-state index contributed by atoms with van der Waals surface area (Å²) in [6.07, 6.45) is -4.00. The van der Waals surface area contributed by atoms with Gasteiger partial charge in [0.1, 0.15) is 11.6 Å². The van der Waals surface area contributed by atoms with Crippen LogP contribution < -0.4 is 10.1 Å². The summed E-state index contributed by atoms with van der Waals surface area (Å²) in [5.74, 6) is -1.81. The number of ether oxygens (including phenoxy) is 1.